The normalized spacial score (nSPS) is 10.8. The number of hydrogen-bond donors (Lipinski definition) is 3. The Labute approximate surface area is 160 Å². The number of para-hydroxylation sites is 1. The molecule has 0 aliphatic rings. The number of H-pyrrole nitrogens is 1. The summed E-state index contributed by atoms with van der Waals surface area (Å²) >= 11 is 0. The molecular weight excluding hydrogens is 360 g/mol. The maximum Gasteiger partial charge on any atom is 0.228 e. The number of aromatic nitrogens is 1. The standard InChI is InChI=1S/C22H17F2N3O/c23-19-10-9-17(12-20(19)24)26-15-5-7-16(8-6-15)27-22(28)11-14-13-25-21-4-2-1-3-18(14)21/h1-10,12-13,25-26H,11H2,(H,27,28). The van der Waals surface area contributed by atoms with Crippen molar-refractivity contribution in [2.75, 3.05) is 10.6 Å². The molecule has 0 atom stereocenters. The molecule has 0 saturated heterocycles. The van der Waals surface area contributed by atoms with E-state index in [1.54, 1.807) is 24.3 Å². The Morgan fingerprint density at radius 1 is 0.857 bits per heavy atom. The first-order valence-electron chi connectivity index (χ1n) is 8.75. The molecule has 1 heterocycles. The number of carbonyl (C=O) groups excluding carboxylic acids is 1. The highest BCUT2D eigenvalue weighted by atomic mass is 19.2. The van der Waals surface area contributed by atoms with E-state index in [4.69, 9.17) is 0 Å². The molecule has 0 bridgehead atoms. The molecule has 3 N–H and O–H groups in total. The molecular formula is C22H17F2N3O. The van der Waals surface area contributed by atoms with Crippen LogP contribution in [0, 0.1) is 11.6 Å². The molecule has 28 heavy (non-hydrogen) atoms. The van der Waals surface area contributed by atoms with Crippen molar-refractivity contribution in [3.8, 4) is 0 Å². The van der Waals surface area contributed by atoms with Crippen molar-refractivity contribution >= 4 is 33.9 Å². The summed E-state index contributed by atoms with van der Waals surface area (Å²) in [5.41, 5.74) is 3.72. The average Bonchev–Trinajstić information content (AvgIpc) is 3.09. The van der Waals surface area contributed by atoms with Crippen LogP contribution < -0.4 is 10.6 Å². The van der Waals surface area contributed by atoms with Gasteiger partial charge in [0.25, 0.3) is 0 Å². The van der Waals surface area contributed by atoms with E-state index in [1.807, 2.05) is 30.5 Å². The van der Waals surface area contributed by atoms with Gasteiger partial charge in [0.1, 0.15) is 0 Å². The summed E-state index contributed by atoms with van der Waals surface area (Å²) in [7, 11) is 0. The van der Waals surface area contributed by atoms with Crippen LogP contribution in [0.25, 0.3) is 10.9 Å². The minimum absolute atomic E-state index is 0.119. The van der Waals surface area contributed by atoms with Crippen LogP contribution in [0.3, 0.4) is 0 Å². The Morgan fingerprint density at radius 3 is 2.36 bits per heavy atom. The SMILES string of the molecule is O=C(Cc1c[nH]c2ccccc12)Nc1ccc(Nc2ccc(F)c(F)c2)cc1. The third-order valence-corrected chi connectivity index (χ3v) is 4.40. The van der Waals surface area contributed by atoms with E-state index in [9.17, 15) is 13.6 Å². The van der Waals surface area contributed by atoms with Gasteiger partial charge in [-0.25, -0.2) is 8.78 Å². The number of anilines is 3. The molecule has 4 rings (SSSR count). The molecule has 0 aliphatic carbocycles. The van der Waals surface area contributed by atoms with Gasteiger partial charge in [-0.05, 0) is 48.0 Å². The van der Waals surface area contributed by atoms with Crippen LogP contribution in [-0.4, -0.2) is 10.9 Å². The lowest BCUT2D eigenvalue weighted by Gasteiger charge is -2.09. The third-order valence-electron chi connectivity index (χ3n) is 4.40. The topological polar surface area (TPSA) is 56.9 Å². The Balaban J connectivity index is 1.39. The lowest BCUT2D eigenvalue weighted by molar-refractivity contribution is -0.115. The summed E-state index contributed by atoms with van der Waals surface area (Å²) < 4.78 is 26.3. The molecule has 0 aliphatic heterocycles. The number of hydrogen-bond acceptors (Lipinski definition) is 2. The monoisotopic (exact) mass is 377 g/mol. The van der Waals surface area contributed by atoms with E-state index in [1.165, 1.54) is 6.07 Å². The summed E-state index contributed by atoms with van der Waals surface area (Å²) in [6.45, 7) is 0. The fourth-order valence-corrected chi connectivity index (χ4v) is 3.03. The quantitative estimate of drug-likeness (QED) is 0.438. The number of benzene rings is 3. The van der Waals surface area contributed by atoms with Crippen molar-refractivity contribution in [1.29, 1.82) is 0 Å². The first-order chi connectivity index (χ1) is 13.6. The first-order valence-corrected chi connectivity index (χ1v) is 8.75. The van der Waals surface area contributed by atoms with Crippen LogP contribution >= 0.6 is 0 Å². The van der Waals surface area contributed by atoms with Gasteiger partial charge in [0.15, 0.2) is 11.6 Å². The summed E-state index contributed by atoms with van der Waals surface area (Å²) in [5.74, 6) is -1.92. The van der Waals surface area contributed by atoms with Gasteiger partial charge in [0.05, 0.1) is 6.42 Å². The van der Waals surface area contributed by atoms with E-state index < -0.39 is 11.6 Å². The summed E-state index contributed by atoms with van der Waals surface area (Å²) in [6.07, 6.45) is 2.11. The molecule has 4 nitrogen and oxygen atoms in total. The largest absolute Gasteiger partial charge is 0.361 e. The minimum atomic E-state index is -0.911. The highest BCUT2D eigenvalue weighted by Crippen LogP contribution is 2.22. The van der Waals surface area contributed by atoms with Crippen LogP contribution in [0.5, 0.6) is 0 Å². The average molecular weight is 377 g/mol. The van der Waals surface area contributed by atoms with E-state index >= 15 is 0 Å². The van der Waals surface area contributed by atoms with Crippen molar-refractivity contribution < 1.29 is 13.6 Å². The van der Waals surface area contributed by atoms with E-state index in [2.05, 4.69) is 15.6 Å². The first kappa shape index (κ1) is 17.7. The van der Waals surface area contributed by atoms with Gasteiger partial charge in [-0.3, -0.25) is 4.79 Å². The number of aromatic amines is 1. The van der Waals surface area contributed by atoms with Crippen molar-refractivity contribution in [2.45, 2.75) is 6.42 Å². The molecule has 6 heteroatoms. The Hall–Kier alpha value is -3.67. The minimum Gasteiger partial charge on any atom is -0.361 e. The Bertz CT molecular complexity index is 1140. The van der Waals surface area contributed by atoms with Crippen LogP contribution in [0.15, 0.2) is 72.9 Å². The van der Waals surface area contributed by atoms with E-state index in [0.717, 1.165) is 28.6 Å². The molecule has 3 aromatic carbocycles. The lowest BCUT2D eigenvalue weighted by atomic mass is 10.1. The fourth-order valence-electron chi connectivity index (χ4n) is 3.03. The molecule has 0 spiro atoms. The van der Waals surface area contributed by atoms with Gasteiger partial charge < -0.3 is 15.6 Å². The molecule has 0 unspecified atom stereocenters. The van der Waals surface area contributed by atoms with Gasteiger partial charge in [0, 0.05) is 40.2 Å². The number of fused-ring (bicyclic) bond motifs is 1. The summed E-state index contributed by atoms with van der Waals surface area (Å²) in [4.78, 5) is 15.5. The second-order valence-corrected chi connectivity index (χ2v) is 6.42. The van der Waals surface area contributed by atoms with Crippen molar-refractivity contribution in [3.63, 3.8) is 0 Å². The zero-order valence-corrected chi connectivity index (χ0v) is 14.8. The second-order valence-electron chi connectivity index (χ2n) is 6.42. The van der Waals surface area contributed by atoms with Crippen LogP contribution in [0.4, 0.5) is 25.8 Å². The highest BCUT2D eigenvalue weighted by molar-refractivity contribution is 5.95. The molecule has 1 aromatic heterocycles. The van der Waals surface area contributed by atoms with Gasteiger partial charge in [-0.1, -0.05) is 18.2 Å². The zero-order valence-electron chi connectivity index (χ0n) is 14.8. The summed E-state index contributed by atoms with van der Waals surface area (Å²) in [5, 5.41) is 6.88. The van der Waals surface area contributed by atoms with Crippen molar-refractivity contribution in [2.24, 2.45) is 0 Å². The molecule has 140 valence electrons. The Kier molecular flexibility index (Phi) is 4.76. The second kappa shape index (κ2) is 7.52. The number of rotatable bonds is 5. The van der Waals surface area contributed by atoms with Gasteiger partial charge in [-0.2, -0.15) is 0 Å². The maximum atomic E-state index is 13.3. The van der Waals surface area contributed by atoms with Gasteiger partial charge in [-0.15, -0.1) is 0 Å². The van der Waals surface area contributed by atoms with Gasteiger partial charge in [0.2, 0.25) is 5.91 Å². The number of halogens is 2. The molecule has 0 fully saturated rings. The molecule has 0 radical (unpaired) electrons. The fraction of sp³-hybridized carbons (Fsp3) is 0.0455. The maximum absolute atomic E-state index is 13.3. The molecule has 4 aromatic rings. The van der Waals surface area contributed by atoms with Crippen LogP contribution in [0.2, 0.25) is 0 Å². The highest BCUT2D eigenvalue weighted by Gasteiger charge is 2.09. The number of carbonyl (C=O) groups is 1. The van der Waals surface area contributed by atoms with E-state index in [-0.39, 0.29) is 12.3 Å². The predicted octanol–water partition coefficient (Wildman–Crippen LogP) is 5.37. The van der Waals surface area contributed by atoms with E-state index in [0.29, 0.717) is 17.1 Å². The van der Waals surface area contributed by atoms with Crippen molar-refractivity contribution in [1.82, 2.24) is 4.98 Å². The summed E-state index contributed by atoms with van der Waals surface area (Å²) in [6, 6.07) is 18.4. The smallest absolute Gasteiger partial charge is 0.228 e. The predicted molar refractivity (Wildman–Crippen MR) is 107 cm³/mol. The lowest BCUT2D eigenvalue weighted by Crippen LogP contribution is -2.14. The van der Waals surface area contributed by atoms with Crippen LogP contribution in [0.1, 0.15) is 5.56 Å². The Morgan fingerprint density at radius 2 is 1.57 bits per heavy atom. The van der Waals surface area contributed by atoms with Crippen molar-refractivity contribution in [3.05, 3.63) is 90.1 Å². The molecule has 0 saturated carbocycles. The van der Waals surface area contributed by atoms with Gasteiger partial charge >= 0.3 is 0 Å². The zero-order chi connectivity index (χ0) is 19.5. The number of nitrogens with one attached hydrogen (secondary N) is 3. The van der Waals surface area contributed by atoms with Crippen LogP contribution in [-0.2, 0) is 11.2 Å². The third kappa shape index (κ3) is 3.86. The number of amides is 1. The molecule has 1 amide bonds.